The van der Waals surface area contributed by atoms with Gasteiger partial charge in [0.25, 0.3) is 0 Å². The van der Waals surface area contributed by atoms with Gasteiger partial charge in [-0.05, 0) is 102 Å². The molecule has 0 radical (unpaired) electrons. The molecular weight excluding hydrogens is 627 g/mol. The van der Waals surface area contributed by atoms with Gasteiger partial charge in [0.2, 0.25) is 0 Å². The molecule has 0 unspecified atom stereocenters. The molecule has 0 bridgehead atoms. The molecule has 238 valence electrons. The standard InChI is InChI=1S/C45H27N5O/c1-2-10-32(37-12-5-6-22-46-37)31(9-1)28-16-19-38-35(25-28)44-40(13-7-23-47-44)49(38)29-17-20-39-36(27-29)45-41(14-8-24-48-45)50(39)30-18-21-43-34(26-30)33-11-3-4-15-42(33)51-43/h1-27H. The monoisotopic (exact) mass is 653 g/mol. The Morgan fingerprint density at radius 3 is 1.76 bits per heavy atom. The van der Waals surface area contributed by atoms with Crippen molar-refractivity contribution in [1.82, 2.24) is 24.1 Å². The average Bonchev–Trinajstić information content (AvgIpc) is 3.85. The molecule has 0 aliphatic carbocycles. The number of furan rings is 1. The number of hydrogen-bond donors (Lipinski definition) is 0. The molecule has 5 aromatic carbocycles. The Kier molecular flexibility index (Phi) is 5.86. The van der Waals surface area contributed by atoms with Gasteiger partial charge >= 0.3 is 0 Å². The van der Waals surface area contributed by atoms with Crippen LogP contribution >= 0.6 is 0 Å². The molecule has 0 aliphatic heterocycles. The summed E-state index contributed by atoms with van der Waals surface area (Å²) >= 11 is 0. The highest BCUT2D eigenvalue weighted by atomic mass is 16.3. The van der Waals surface area contributed by atoms with Crippen molar-refractivity contribution in [1.29, 1.82) is 0 Å². The number of hydrogen-bond acceptors (Lipinski definition) is 4. The molecule has 0 spiro atoms. The van der Waals surface area contributed by atoms with Crippen LogP contribution in [0.25, 0.3) is 99.6 Å². The lowest BCUT2D eigenvalue weighted by atomic mass is 9.96. The lowest BCUT2D eigenvalue weighted by Gasteiger charge is -2.11. The summed E-state index contributed by atoms with van der Waals surface area (Å²) in [6.07, 6.45) is 5.60. The Morgan fingerprint density at radius 1 is 0.392 bits per heavy atom. The van der Waals surface area contributed by atoms with Gasteiger partial charge in [0.1, 0.15) is 11.2 Å². The summed E-state index contributed by atoms with van der Waals surface area (Å²) in [5.41, 5.74) is 14.4. The van der Waals surface area contributed by atoms with Crippen LogP contribution in [0, 0.1) is 0 Å². The van der Waals surface area contributed by atoms with Gasteiger partial charge in [0.05, 0.1) is 38.8 Å². The molecule has 0 fully saturated rings. The van der Waals surface area contributed by atoms with Crippen LogP contribution in [0.2, 0.25) is 0 Å². The lowest BCUT2D eigenvalue weighted by molar-refractivity contribution is 0.669. The van der Waals surface area contributed by atoms with Crippen molar-refractivity contribution < 1.29 is 4.42 Å². The van der Waals surface area contributed by atoms with Crippen LogP contribution in [-0.4, -0.2) is 24.1 Å². The Hall–Kier alpha value is -7.05. The molecule has 0 saturated carbocycles. The summed E-state index contributed by atoms with van der Waals surface area (Å²) in [5, 5.41) is 4.39. The lowest BCUT2D eigenvalue weighted by Crippen LogP contribution is -1.96. The van der Waals surface area contributed by atoms with Crippen molar-refractivity contribution >= 4 is 65.8 Å². The third-order valence-corrected chi connectivity index (χ3v) is 10.1. The van der Waals surface area contributed by atoms with E-state index in [0.29, 0.717) is 0 Å². The molecule has 6 heterocycles. The topological polar surface area (TPSA) is 61.7 Å². The van der Waals surface area contributed by atoms with E-state index in [0.717, 1.165) is 99.6 Å². The first kappa shape index (κ1) is 27.9. The molecule has 0 aliphatic rings. The van der Waals surface area contributed by atoms with Crippen LogP contribution in [0.15, 0.2) is 169 Å². The first-order valence-corrected chi connectivity index (χ1v) is 17.0. The quantitative estimate of drug-likeness (QED) is 0.190. The van der Waals surface area contributed by atoms with Gasteiger partial charge in [-0.25, -0.2) is 0 Å². The van der Waals surface area contributed by atoms with Gasteiger partial charge in [-0.1, -0.05) is 54.6 Å². The Bertz CT molecular complexity index is 3150. The molecule has 0 amide bonds. The van der Waals surface area contributed by atoms with Crippen molar-refractivity contribution in [2.45, 2.75) is 0 Å². The summed E-state index contributed by atoms with van der Waals surface area (Å²) in [7, 11) is 0. The van der Waals surface area contributed by atoms with Crippen LogP contribution < -0.4 is 0 Å². The molecule has 6 heteroatoms. The second-order valence-electron chi connectivity index (χ2n) is 12.9. The second kappa shape index (κ2) is 10.7. The first-order chi connectivity index (χ1) is 25.3. The van der Waals surface area contributed by atoms with E-state index in [1.54, 1.807) is 0 Å². The van der Waals surface area contributed by atoms with Gasteiger partial charge in [-0.3, -0.25) is 15.0 Å². The molecular formula is C45H27N5O. The summed E-state index contributed by atoms with van der Waals surface area (Å²) in [6.45, 7) is 0. The summed E-state index contributed by atoms with van der Waals surface area (Å²) in [6, 6.07) is 50.8. The van der Waals surface area contributed by atoms with Crippen molar-refractivity contribution in [3.05, 3.63) is 164 Å². The average molecular weight is 654 g/mol. The zero-order valence-electron chi connectivity index (χ0n) is 27.2. The first-order valence-electron chi connectivity index (χ1n) is 17.0. The maximum absolute atomic E-state index is 6.15. The summed E-state index contributed by atoms with van der Waals surface area (Å²) in [4.78, 5) is 14.5. The Labute approximate surface area is 291 Å². The highest BCUT2D eigenvalue weighted by Gasteiger charge is 2.19. The normalized spacial score (nSPS) is 11.9. The van der Waals surface area contributed by atoms with Crippen LogP contribution in [0.1, 0.15) is 0 Å². The van der Waals surface area contributed by atoms with E-state index in [9.17, 15) is 0 Å². The largest absolute Gasteiger partial charge is 0.456 e. The fourth-order valence-corrected chi connectivity index (χ4v) is 7.85. The maximum atomic E-state index is 6.15. The van der Waals surface area contributed by atoms with Gasteiger partial charge < -0.3 is 13.6 Å². The van der Waals surface area contributed by atoms with Gasteiger partial charge in [-0.2, -0.15) is 0 Å². The number of pyridine rings is 3. The summed E-state index contributed by atoms with van der Waals surface area (Å²) in [5.74, 6) is 0. The molecule has 0 saturated heterocycles. The highest BCUT2D eigenvalue weighted by Crippen LogP contribution is 2.39. The molecule has 6 nitrogen and oxygen atoms in total. The number of para-hydroxylation sites is 1. The minimum atomic E-state index is 0.879. The van der Waals surface area contributed by atoms with Crippen LogP contribution in [0.5, 0.6) is 0 Å². The van der Waals surface area contributed by atoms with E-state index in [-0.39, 0.29) is 0 Å². The van der Waals surface area contributed by atoms with Gasteiger partial charge in [-0.15, -0.1) is 0 Å². The number of nitrogens with zero attached hydrogens (tertiary/aromatic N) is 5. The Balaban J connectivity index is 1.11. The van der Waals surface area contributed by atoms with E-state index >= 15 is 0 Å². The zero-order valence-corrected chi connectivity index (χ0v) is 27.2. The minimum absolute atomic E-state index is 0.879. The van der Waals surface area contributed by atoms with Crippen molar-refractivity contribution in [2.75, 3.05) is 0 Å². The third kappa shape index (κ3) is 4.14. The number of benzene rings is 5. The van der Waals surface area contributed by atoms with Crippen LogP contribution in [0.4, 0.5) is 0 Å². The van der Waals surface area contributed by atoms with Crippen LogP contribution in [0.3, 0.4) is 0 Å². The van der Waals surface area contributed by atoms with E-state index in [1.165, 1.54) is 0 Å². The molecule has 11 aromatic rings. The van der Waals surface area contributed by atoms with Gasteiger partial charge in [0.15, 0.2) is 0 Å². The minimum Gasteiger partial charge on any atom is -0.456 e. The summed E-state index contributed by atoms with van der Waals surface area (Å²) < 4.78 is 10.8. The molecule has 0 N–H and O–H groups in total. The predicted molar refractivity (Wildman–Crippen MR) is 207 cm³/mol. The van der Waals surface area contributed by atoms with E-state index in [2.05, 4.69) is 123 Å². The van der Waals surface area contributed by atoms with Crippen molar-refractivity contribution in [3.8, 4) is 33.8 Å². The van der Waals surface area contributed by atoms with E-state index in [4.69, 9.17) is 14.4 Å². The van der Waals surface area contributed by atoms with Gasteiger partial charge in [0, 0.05) is 57.1 Å². The fourth-order valence-electron chi connectivity index (χ4n) is 7.85. The number of fused-ring (bicyclic) bond motifs is 9. The molecule has 0 atom stereocenters. The maximum Gasteiger partial charge on any atom is 0.135 e. The molecule has 51 heavy (non-hydrogen) atoms. The second-order valence-corrected chi connectivity index (χ2v) is 12.9. The zero-order chi connectivity index (χ0) is 33.5. The van der Waals surface area contributed by atoms with Crippen molar-refractivity contribution in [2.24, 2.45) is 0 Å². The van der Waals surface area contributed by atoms with E-state index in [1.807, 2.05) is 55.0 Å². The number of aromatic nitrogens is 5. The third-order valence-electron chi connectivity index (χ3n) is 10.1. The Morgan fingerprint density at radius 2 is 1.00 bits per heavy atom. The highest BCUT2D eigenvalue weighted by molar-refractivity contribution is 6.12. The fraction of sp³-hybridized carbons (Fsp3) is 0. The molecule has 6 aromatic heterocycles. The van der Waals surface area contributed by atoms with Crippen molar-refractivity contribution in [3.63, 3.8) is 0 Å². The van der Waals surface area contributed by atoms with E-state index < -0.39 is 0 Å². The smallest absolute Gasteiger partial charge is 0.135 e. The predicted octanol–water partition coefficient (Wildman–Crippen LogP) is 11.3. The van der Waals surface area contributed by atoms with Crippen LogP contribution in [-0.2, 0) is 0 Å². The SMILES string of the molecule is c1ccc(-c2ccccc2-c2ccc3c(c2)c2ncccc2n3-c2ccc3c(c2)c2ncccc2n3-c2ccc3oc4ccccc4c3c2)nc1. The molecule has 11 rings (SSSR count). The number of rotatable bonds is 4.